The zero-order valence-electron chi connectivity index (χ0n) is 16.2. The lowest BCUT2D eigenvalue weighted by Crippen LogP contribution is -2.33. The van der Waals surface area contributed by atoms with Crippen molar-refractivity contribution in [3.05, 3.63) is 58.6 Å². The summed E-state index contributed by atoms with van der Waals surface area (Å²) in [6, 6.07) is 13.5. The van der Waals surface area contributed by atoms with Crippen LogP contribution in [0.2, 0.25) is 0 Å². The number of nitrogens with zero attached hydrogens (tertiary/aromatic N) is 2. The first kappa shape index (κ1) is 19.7. The molecule has 0 unspecified atom stereocenters. The maximum absolute atomic E-state index is 12.4. The average molecular weight is 382 g/mol. The molecule has 0 saturated carbocycles. The minimum atomic E-state index is -0.468. The summed E-state index contributed by atoms with van der Waals surface area (Å²) >= 11 is 0. The van der Waals surface area contributed by atoms with E-state index in [0.717, 1.165) is 24.7 Å². The Labute approximate surface area is 164 Å². The molecule has 7 heteroatoms. The molecule has 7 nitrogen and oxygen atoms in total. The topological polar surface area (TPSA) is 87.5 Å². The Kier molecular flexibility index (Phi) is 6.13. The van der Waals surface area contributed by atoms with Crippen LogP contribution in [0.15, 0.2) is 48.5 Å². The van der Waals surface area contributed by atoms with Crippen LogP contribution in [0, 0.1) is 16.0 Å². The van der Waals surface area contributed by atoms with Crippen molar-refractivity contribution < 1.29 is 9.72 Å². The molecule has 0 radical (unpaired) electrons. The van der Waals surface area contributed by atoms with E-state index in [0.29, 0.717) is 5.69 Å². The molecule has 1 aliphatic rings. The lowest BCUT2D eigenvalue weighted by atomic mass is 9.99. The predicted octanol–water partition coefficient (Wildman–Crippen LogP) is 4.27. The Balaban J connectivity index is 1.54. The molecule has 2 aromatic rings. The number of hydrogen-bond acceptors (Lipinski definition) is 5. The van der Waals surface area contributed by atoms with E-state index >= 15 is 0 Å². The van der Waals surface area contributed by atoms with Crippen LogP contribution in [0.1, 0.15) is 26.7 Å². The summed E-state index contributed by atoms with van der Waals surface area (Å²) in [4.78, 5) is 25.0. The first-order valence-electron chi connectivity index (χ1n) is 9.59. The van der Waals surface area contributed by atoms with Gasteiger partial charge in [0, 0.05) is 42.3 Å². The molecule has 0 aromatic heterocycles. The van der Waals surface area contributed by atoms with Crippen molar-refractivity contribution >= 4 is 28.7 Å². The Morgan fingerprint density at radius 3 is 2.21 bits per heavy atom. The second-order valence-corrected chi connectivity index (χ2v) is 7.38. The first-order valence-corrected chi connectivity index (χ1v) is 9.59. The normalized spacial score (nSPS) is 15.7. The van der Waals surface area contributed by atoms with Gasteiger partial charge in [-0.15, -0.1) is 0 Å². The zero-order chi connectivity index (χ0) is 20.1. The smallest absolute Gasteiger partial charge is 0.269 e. The Morgan fingerprint density at radius 2 is 1.64 bits per heavy atom. The minimum absolute atomic E-state index is 0.00701. The molecular weight excluding hydrogens is 356 g/mol. The number of rotatable bonds is 6. The van der Waals surface area contributed by atoms with Crippen LogP contribution in [0.3, 0.4) is 0 Å². The van der Waals surface area contributed by atoms with Gasteiger partial charge in [0.05, 0.1) is 4.92 Å². The SMILES string of the molecule is CC1CCN(c2ccc(N[C@@H](C)C(=O)Nc3ccc([N+](=O)[O-])cc3)cc2)CC1. The van der Waals surface area contributed by atoms with Crippen LogP contribution in [0.4, 0.5) is 22.7 Å². The summed E-state index contributed by atoms with van der Waals surface area (Å²) < 4.78 is 0. The number of amides is 1. The molecule has 2 aromatic carbocycles. The van der Waals surface area contributed by atoms with Gasteiger partial charge in [-0.2, -0.15) is 0 Å². The number of nitro groups is 1. The minimum Gasteiger partial charge on any atom is -0.374 e. The van der Waals surface area contributed by atoms with Crippen LogP contribution in [0.25, 0.3) is 0 Å². The molecule has 28 heavy (non-hydrogen) atoms. The van der Waals surface area contributed by atoms with Gasteiger partial charge in [-0.1, -0.05) is 6.92 Å². The van der Waals surface area contributed by atoms with Crippen molar-refractivity contribution in [2.75, 3.05) is 28.6 Å². The molecule has 3 rings (SSSR count). The number of anilines is 3. The Hall–Kier alpha value is -3.09. The highest BCUT2D eigenvalue weighted by atomic mass is 16.6. The summed E-state index contributed by atoms with van der Waals surface area (Å²) in [5.74, 6) is 0.593. The van der Waals surface area contributed by atoms with Crippen molar-refractivity contribution in [2.45, 2.75) is 32.7 Å². The van der Waals surface area contributed by atoms with E-state index in [1.54, 1.807) is 6.92 Å². The largest absolute Gasteiger partial charge is 0.374 e. The van der Waals surface area contributed by atoms with E-state index in [1.165, 1.54) is 42.8 Å². The van der Waals surface area contributed by atoms with Gasteiger partial charge in [0.2, 0.25) is 5.91 Å². The second-order valence-electron chi connectivity index (χ2n) is 7.38. The van der Waals surface area contributed by atoms with Crippen molar-refractivity contribution in [3.63, 3.8) is 0 Å². The Bertz CT molecular complexity index is 813. The van der Waals surface area contributed by atoms with Gasteiger partial charge in [0.15, 0.2) is 0 Å². The number of piperidine rings is 1. The molecule has 1 heterocycles. The summed E-state index contributed by atoms with van der Waals surface area (Å²) in [5, 5.41) is 16.6. The number of carbonyl (C=O) groups excluding carboxylic acids is 1. The Morgan fingerprint density at radius 1 is 1.07 bits per heavy atom. The van der Waals surface area contributed by atoms with Gasteiger partial charge in [-0.3, -0.25) is 14.9 Å². The van der Waals surface area contributed by atoms with Crippen LogP contribution < -0.4 is 15.5 Å². The highest BCUT2D eigenvalue weighted by Gasteiger charge is 2.17. The second kappa shape index (κ2) is 8.73. The van der Waals surface area contributed by atoms with Crippen LogP contribution >= 0.6 is 0 Å². The van der Waals surface area contributed by atoms with Crippen LogP contribution in [-0.4, -0.2) is 30.0 Å². The predicted molar refractivity (Wildman–Crippen MR) is 112 cm³/mol. The first-order chi connectivity index (χ1) is 13.4. The van der Waals surface area contributed by atoms with E-state index in [1.807, 2.05) is 12.1 Å². The molecular formula is C21H26N4O3. The molecule has 1 aliphatic heterocycles. The number of benzene rings is 2. The quantitative estimate of drug-likeness (QED) is 0.575. The lowest BCUT2D eigenvalue weighted by molar-refractivity contribution is -0.384. The monoisotopic (exact) mass is 382 g/mol. The van der Waals surface area contributed by atoms with Gasteiger partial charge in [0.25, 0.3) is 5.69 Å². The number of nitrogens with one attached hydrogen (secondary N) is 2. The standard InChI is InChI=1S/C21H26N4O3/c1-15-11-13-24(14-12-15)19-7-3-17(4-8-19)22-16(2)21(26)23-18-5-9-20(10-6-18)25(27)28/h3-10,15-16,22H,11-14H2,1-2H3,(H,23,26)/t16-/m0/s1. The molecule has 0 spiro atoms. The fourth-order valence-corrected chi connectivity index (χ4v) is 3.27. The van der Waals surface area contributed by atoms with Crippen molar-refractivity contribution in [3.8, 4) is 0 Å². The summed E-state index contributed by atoms with van der Waals surface area (Å²) in [6.07, 6.45) is 2.44. The third-order valence-electron chi connectivity index (χ3n) is 5.14. The van der Waals surface area contributed by atoms with Crippen molar-refractivity contribution in [2.24, 2.45) is 5.92 Å². The average Bonchev–Trinajstić information content (AvgIpc) is 2.69. The molecule has 0 aliphatic carbocycles. The van der Waals surface area contributed by atoms with Crippen LogP contribution in [-0.2, 0) is 4.79 Å². The zero-order valence-corrected chi connectivity index (χ0v) is 16.2. The molecule has 2 N–H and O–H groups in total. The van der Waals surface area contributed by atoms with Crippen LogP contribution in [0.5, 0.6) is 0 Å². The summed E-state index contributed by atoms with van der Waals surface area (Å²) in [6.45, 7) is 6.25. The molecule has 1 atom stereocenters. The fraction of sp³-hybridized carbons (Fsp3) is 0.381. The number of hydrogen-bond donors (Lipinski definition) is 2. The molecule has 148 valence electrons. The van der Waals surface area contributed by atoms with E-state index in [9.17, 15) is 14.9 Å². The molecule has 1 fully saturated rings. The van der Waals surface area contributed by atoms with Gasteiger partial charge >= 0.3 is 0 Å². The highest BCUT2D eigenvalue weighted by molar-refractivity contribution is 5.96. The van der Waals surface area contributed by atoms with E-state index in [4.69, 9.17) is 0 Å². The number of non-ortho nitro benzene ring substituents is 1. The van der Waals surface area contributed by atoms with E-state index < -0.39 is 11.0 Å². The molecule has 1 amide bonds. The van der Waals surface area contributed by atoms with E-state index in [2.05, 4.69) is 34.6 Å². The van der Waals surface area contributed by atoms with E-state index in [-0.39, 0.29) is 11.6 Å². The maximum Gasteiger partial charge on any atom is 0.269 e. The van der Waals surface area contributed by atoms with Crippen molar-refractivity contribution in [1.29, 1.82) is 0 Å². The fourth-order valence-electron chi connectivity index (χ4n) is 3.27. The molecule has 0 bridgehead atoms. The van der Waals surface area contributed by atoms with Gasteiger partial charge in [0.1, 0.15) is 6.04 Å². The van der Waals surface area contributed by atoms with Crippen molar-refractivity contribution in [1.82, 2.24) is 0 Å². The van der Waals surface area contributed by atoms with Gasteiger partial charge in [-0.05, 0) is 62.1 Å². The number of carbonyl (C=O) groups is 1. The highest BCUT2D eigenvalue weighted by Crippen LogP contribution is 2.24. The lowest BCUT2D eigenvalue weighted by Gasteiger charge is -2.32. The third-order valence-corrected chi connectivity index (χ3v) is 5.14. The number of nitro benzene ring substituents is 1. The molecule has 1 saturated heterocycles. The van der Waals surface area contributed by atoms with Gasteiger partial charge < -0.3 is 15.5 Å². The summed E-state index contributed by atoms with van der Waals surface area (Å²) in [7, 11) is 0. The third kappa shape index (κ3) is 5.00. The summed E-state index contributed by atoms with van der Waals surface area (Å²) in [5.41, 5.74) is 2.60. The maximum atomic E-state index is 12.4. The van der Waals surface area contributed by atoms with Gasteiger partial charge in [-0.25, -0.2) is 0 Å².